The summed E-state index contributed by atoms with van der Waals surface area (Å²) in [6.07, 6.45) is 3.09. The highest BCUT2D eigenvalue weighted by Gasteiger charge is 2.25. The van der Waals surface area contributed by atoms with Crippen LogP contribution in [-0.4, -0.2) is 34.8 Å². The highest BCUT2D eigenvalue weighted by Crippen LogP contribution is 2.16. The van der Waals surface area contributed by atoms with Crippen LogP contribution in [-0.2, 0) is 4.74 Å². The third-order valence-corrected chi connectivity index (χ3v) is 3.16. The van der Waals surface area contributed by atoms with Crippen LogP contribution >= 0.6 is 11.6 Å². The molecule has 0 unspecified atom stereocenters. The molecule has 5 heteroatoms. The Morgan fingerprint density at radius 2 is 2.10 bits per heavy atom. The Morgan fingerprint density at radius 3 is 2.55 bits per heavy atom. The zero-order chi connectivity index (χ0) is 15.8. The number of amides is 1. The van der Waals surface area contributed by atoms with Crippen LogP contribution in [0.25, 0.3) is 0 Å². The first kappa shape index (κ1) is 19.3. The maximum atomic E-state index is 11.8. The fourth-order valence-electron chi connectivity index (χ4n) is 1.83. The van der Waals surface area contributed by atoms with E-state index in [0.717, 1.165) is 12.8 Å². The van der Waals surface area contributed by atoms with Gasteiger partial charge in [0.2, 0.25) is 0 Å². The van der Waals surface area contributed by atoms with Crippen LogP contribution in [0.15, 0.2) is 12.7 Å². The quantitative estimate of drug-likeness (QED) is 0.533. The Morgan fingerprint density at radius 1 is 1.50 bits per heavy atom. The molecule has 0 spiro atoms. The molecular formula is C15H28ClNO3. The molecule has 0 aromatic carbocycles. The highest BCUT2D eigenvalue weighted by atomic mass is 35.5. The van der Waals surface area contributed by atoms with Gasteiger partial charge >= 0.3 is 6.09 Å². The smallest absolute Gasteiger partial charge is 0.407 e. The lowest BCUT2D eigenvalue weighted by molar-refractivity contribution is 0.0422. The number of carbonyl (C=O) groups excluding carboxylic acids is 1. The molecule has 0 rings (SSSR count). The van der Waals surface area contributed by atoms with Gasteiger partial charge in [0.05, 0.1) is 18.0 Å². The fraction of sp³-hybridized carbons (Fsp3) is 0.800. The van der Waals surface area contributed by atoms with Crippen molar-refractivity contribution in [2.75, 3.05) is 5.88 Å². The average molecular weight is 306 g/mol. The zero-order valence-electron chi connectivity index (χ0n) is 13.0. The summed E-state index contributed by atoms with van der Waals surface area (Å²) in [5.74, 6) is 0.431. The molecule has 4 nitrogen and oxygen atoms in total. The molecule has 0 aromatic rings. The van der Waals surface area contributed by atoms with Crippen LogP contribution in [0.5, 0.6) is 0 Å². The molecule has 118 valence electrons. The summed E-state index contributed by atoms with van der Waals surface area (Å²) < 4.78 is 5.21. The predicted octanol–water partition coefficient (Wildman–Crippen LogP) is 3.47. The number of aliphatic hydroxyl groups is 1. The summed E-state index contributed by atoms with van der Waals surface area (Å²) in [5.41, 5.74) is -0.561. The van der Waals surface area contributed by atoms with Gasteiger partial charge in [-0.25, -0.2) is 4.79 Å². The van der Waals surface area contributed by atoms with Crippen LogP contribution in [0, 0.1) is 5.92 Å². The van der Waals surface area contributed by atoms with E-state index in [1.807, 2.05) is 6.08 Å². The SMILES string of the molecule is C=CCC[C@@H](C)C[C@H](NC(=O)OC(C)(C)C)[C@H](O)CCl. The molecule has 0 heterocycles. The summed E-state index contributed by atoms with van der Waals surface area (Å²) in [6, 6.07) is -0.401. The third kappa shape index (κ3) is 9.21. The lowest BCUT2D eigenvalue weighted by Gasteiger charge is -2.27. The van der Waals surface area contributed by atoms with Crippen LogP contribution in [0.1, 0.15) is 47.0 Å². The molecule has 20 heavy (non-hydrogen) atoms. The molecule has 3 atom stereocenters. The van der Waals surface area contributed by atoms with E-state index in [1.165, 1.54) is 0 Å². The molecule has 0 saturated heterocycles. The Hall–Kier alpha value is -0.740. The van der Waals surface area contributed by atoms with Gasteiger partial charge < -0.3 is 15.2 Å². The monoisotopic (exact) mass is 305 g/mol. The molecule has 0 aromatic heterocycles. The van der Waals surface area contributed by atoms with Crippen LogP contribution < -0.4 is 5.32 Å². The molecule has 0 aliphatic rings. The number of allylic oxidation sites excluding steroid dienone is 1. The number of ether oxygens (including phenoxy) is 1. The van der Waals surface area contributed by atoms with Crippen molar-refractivity contribution in [3.8, 4) is 0 Å². The lowest BCUT2D eigenvalue weighted by atomic mass is 9.94. The van der Waals surface area contributed by atoms with Crippen molar-refractivity contribution in [3.63, 3.8) is 0 Å². The number of alkyl halides is 1. The second-order valence-corrected chi connectivity index (χ2v) is 6.49. The maximum absolute atomic E-state index is 11.8. The predicted molar refractivity (Wildman–Crippen MR) is 83.1 cm³/mol. The van der Waals surface area contributed by atoms with E-state index in [0.29, 0.717) is 12.3 Å². The van der Waals surface area contributed by atoms with Crippen molar-refractivity contribution in [1.29, 1.82) is 0 Å². The Labute approximate surface area is 127 Å². The molecule has 0 aliphatic carbocycles. The van der Waals surface area contributed by atoms with Crippen molar-refractivity contribution in [2.24, 2.45) is 5.92 Å². The first-order valence-electron chi connectivity index (χ1n) is 7.04. The second kappa shape index (κ2) is 9.24. The number of carbonyl (C=O) groups is 1. The molecule has 1 amide bonds. The van der Waals surface area contributed by atoms with E-state index in [1.54, 1.807) is 20.8 Å². The summed E-state index contributed by atoms with van der Waals surface area (Å²) in [4.78, 5) is 11.8. The maximum Gasteiger partial charge on any atom is 0.407 e. The van der Waals surface area contributed by atoms with Gasteiger partial charge in [-0.15, -0.1) is 18.2 Å². The van der Waals surface area contributed by atoms with Crippen LogP contribution in [0.3, 0.4) is 0 Å². The van der Waals surface area contributed by atoms with Crippen molar-refractivity contribution >= 4 is 17.7 Å². The van der Waals surface area contributed by atoms with E-state index in [-0.39, 0.29) is 5.88 Å². The number of hydrogen-bond donors (Lipinski definition) is 2. The Bertz CT molecular complexity index is 302. The number of alkyl carbamates (subject to hydrolysis) is 1. The van der Waals surface area contributed by atoms with Crippen molar-refractivity contribution < 1.29 is 14.6 Å². The van der Waals surface area contributed by atoms with Crippen molar-refractivity contribution in [3.05, 3.63) is 12.7 Å². The number of hydrogen-bond acceptors (Lipinski definition) is 3. The average Bonchev–Trinajstić information content (AvgIpc) is 2.32. The molecular weight excluding hydrogens is 278 g/mol. The number of halogens is 1. The van der Waals surface area contributed by atoms with E-state index < -0.39 is 23.8 Å². The first-order valence-corrected chi connectivity index (χ1v) is 7.57. The fourth-order valence-corrected chi connectivity index (χ4v) is 2.05. The standard InChI is InChI=1S/C15H28ClNO3/c1-6-7-8-11(2)9-12(13(18)10-16)17-14(19)20-15(3,4)5/h6,11-13,18H,1,7-10H2,2-5H3,(H,17,19)/t11-,12+,13-/m1/s1. The Balaban J connectivity index is 4.49. The minimum absolute atomic E-state index is 0.0780. The highest BCUT2D eigenvalue weighted by molar-refractivity contribution is 6.18. The summed E-state index contributed by atoms with van der Waals surface area (Å²) in [6.45, 7) is 11.2. The number of aliphatic hydroxyl groups excluding tert-OH is 1. The molecule has 0 saturated carbocycles. The molecule has 0 fully saturated rings. The van der Waals surface area contributed by atoms with Gasteiger partial charge in [-0.05, 0) is 46.0 Å². The van der Waals surface area contributed by atoms with E-state index in [4.69, 9.17) is 16.3 Å². The molecule has 2 N–H and O–H groups in total. The van der Waals surface area contributed by atoms with E-state index >= 15 is 0 Å². The van der Waals surface area contributed by atoms with Gasteiger partial charge in [0.25, 0.3) is 0 Å². The largest absolute Gasteiger partial charge is 0.444 e. The Kier molecular flexibility index (Phi) is 8.90. The van der Waals surface area contributed by atoms with Gasteiger partial charge in [-0.1, -0.05) is 13.0 Å². The normalized spacial score (nSPS) is 16.1. The summed E-state index contributed by atoms with van der Waals surface area (Å²) in [7, 11) is 0. The topological polar surface area (TPSA) is 58.6 Å². The first-order chi connectivity index (χ1) is 9.19. The second-order valence-electron chi connectivity index (χ2n) is 6.18. The number of nitrogens with one attached hydrogen (secondary N) is 1. The van der Waals surface area contributed by atoms with Crippen LogP contribution in [0.4, 0.5) is 4.79 Å². The number of rotatable bonds is 8. The van der Waals surface area contributed by atoms with Crippen LogP contribution in [0.2, 0.25) is 0 Å². The van der Waals surface area contributed by atoms with Crippen molar-refractivity contribution in [1.82, 2.24) is 5.32 Å². The summed E-state index contributed by atoms with van der Waals surface area (Å²) >= 11 is 5.69. The molecule has 0 radical (unpaired) electrons. The van der Waals surface area contributed by atoms with Gasteiger partial charge in [0, 0.05) is 0 Å². The van der Waals surface area contributed by atoms with E-state index in [9.17, 15) is 9.90 Å². The third-order valence-electron chi connectivity index (χ3n) is 2.84. The lowest BCUT2D eigenvalue weighted by Crippen LogP contribution is -2.47. The minimum atomic E-state index is -0.782. The van der Waals surface area contributed by atoms with Gasteiger partial charge in [0.15, 0.2) is 0 Å². The molecule has 0 bridgehead atoms. The summed E-state index contributed by atoms with van der Waals surface area (Å²) in [5, 5.41) is 12.6. The van der Waals surface area contributed by atoms with Crippen molar-refractivity contribution in [2.45, 2.75) is 64.7 Å². The molecule has 0 aliphatic heterocycles. The van der Waals surface area contributed by atoms with Gasteiger partial charge in [-0.3, -0.25) is 0 Å². The van der Waals surface area contributed by atoms with E-state index in [2.05, 4.69) is 18.8 Å². The van der Waals surface area contributed by atoms with Gasteiger partial charge in [0.1, 0.15) is 5.60 Å². The minimum Gasteiger partial charge on any atom is -0.444 e. The van der Waals surface area contributed by atoms with Gasteiger partial charge in [-0.2, -0.15) is 0 Å². The zero-order valence-corrected chi connectivity index (χ0v) is 13.7.